The Hall–Kier alpha value is -3.26. The molecule has 1 aromatic carbocycles. The number of ether oxygens (including phenoxy) is 1. The van der Waals surface area contributed by atoms with Crippen molar-refractivity contribution in [2.24, 2.45) is 5.73 Å². The largest absolute Gasteiger partial charge is 0.376 e. The predicted octanol–water partition coefficient (Wildman–Crippen LogP) is 2.66. The van der Waals surface area contributed by atoms with Gasteiger partial charge in [-0.05, 0) is 43.9 Å². The van der Waals surface area contributed by atoms with Crippen LogP contribution in [0.4, 0.5) is 5.69 Å². The van der Waals surface area contributed by atoms with Crippen LogP contribution in [0.15, 0.2) is 36.5 Å². The van der Waals surface area contributed by atoms with Crippen molar-refractivity contribution in [3.05, 3.63) is 53.5 Å². The van der Waals surface area contributed by atoms with Crippen molar-refractivity contribution >= 4 is 28.4 Å². The molecule has 8 nitrogen and oxygen atoms in total. The monoisotopic (exact) mass is 393 g/mol. The normalized spacial score (nSPS) is 16.7. The van der Waals surface area contributed by atoms with Crippen molar-refractivity contribution in [1.82, 2.24) is 14.8 Å². The molecule has 1 aliphatic heterocycles. The summed E-state index contributed by atoms with van der Waals surface area (Å²) in [4.78, 5) is 28.5. The highest BCUT2D eigenvalue weighted by Gasteiger charge is 2.23. The summed E-state index contributed by atoms with van der Waals surface area (Å²) < 4.78 is 7.59. The zero-order chi connectivity index (χ0) is 20.4. The molecular formula is C21H23N5O3. The number of rotatable bonds is 5. The fraction of sp³-hybridized carbons (Fsp3) is 0.333. The minimum atomic E-state index is -0.651. The molecule has 1 fully saturated rings. The summed E-state index contributed by atoms with van der Waals surface area (Å²) in [5.41, 5.74) is 8.08. The van der Waals surface area contributed by atoms with Crippen molar-refractivity contribution in [3.63, 3.8) is 0 Å². The Balaban J connectivity index is 1.69. The van der Waals surface area contributed by atoms with Crippen LogP contribution in [0.3, 0.4) is 0 Å². The lowest BCUT2D eigenvalue weighted by Gasteiger charge is -2.23. The molecule has 3 N–H and O–H groups in total. The van der Waals surface area contributed by atoms with Gasteiger partial charge in [-0.25, -0.2) is 0 Å². The first-order valence-corrected chi connectivity index (χ1v) is 9.68. The van der Waals surface area contributed by atoms with Crippen LogP contribution in [0.5, 0.6) is 0 Å². The Morgan fingerprint density at radius 1 is 1.31 bits per heavy atom. The Bertz CT molecular complexity index is 1070. The number of carbonyl (C=O) groups excluding carboxylic acids is 2. The molecule has 1 aliphatic rings. The molecule has 0 spiro atoms. The third-order valence-corrected chi connectivity index (χ3v) is 5.11. The molecular weight excluding hydrogens is 370 g/mol. The maximum absolute atomic E-state index is 13.2. The molecule has 150 valence electrons. The average Bonchev–Trinajstić information content (AvgIpc) is 3.08. The van der Waals surface area contributed by atoms with E-state index in [0.29, 0.717) is 17.9 Å². The highest BCUT2D eigenvalue weighted by Crippen LogP contribution is 2.24. The number of fused-ring (bicyclic) bond motifs is 1. The van der Waals surface area contributed by atoms with Gasteiger partial charge in [0.05, 0.1) is 18.2 Å². The van der Waals surface area contributed by atoms with E-state index in [2.05, 4.69) is 10.3 Å². The summed E-state index contributed by atoms with van der Waals surface area (Å²) in [6, 6.07) is 8.85. The second-order valence-electron chi connectivity index (χ2n) is 7.24. The molecule has 1 unspecified atom stereocenters. The first-order chi connectivity index (χ1) is 14.0. The molecule has 2 amide bonds. The van der Waals surface area contributed by atoms with Crippen LogP contribution in [-0.4, -0.2) is 39.3 Å². The van der Waals surface area contributed by atoms with Crippen molar-refractivity contribution in [3.8, 4) is 0 Å². The second-order valence-corrected chi connectivity index (χ2v) is 7.24. The zero-order valence-electron chi connectivity index (χ0n) is 16.2. The molecule has 0 saturated carbocycles. The van der Waals surface area contributed by atoms with Gasteiger partial charge in [-0.1, -0.05) is 18.2 Å². The van der Waals surface area contributed by atoms with E-state index in [1.54, 1.807) is 10.7 Å². The van der Waals surface area contributed by atoms with Crippen LogP contribution in [-0.2, 0) is 11.3 Å². The van der Waals surface area contributed by atoms with Crippen molar-refractivity contribution < 1.29 is 14.3 Å². The number of anilines is 1. The van der Waals surface area contributed by atoms with Crippen molar-refractivity contribution in [2.75, 3.05) is 11.9 Å². The summed E-state index contributed by atoms with van der Waals surface area (Å²) in [7, 11) is 0. The SMILES string of the molecule is Cc1cccc2c(C(=O)Nc3ccnc(C(N)=O)c3)n(CC3CCCCO3)nc12. The van der Waals surface area contributed by atoms with Crippen LogP contribution < -0.4 is 11.1 Å². The van der Waals surface area contributed by atoms with Gasteiger partial charge in [0, 0.05) is 23.9 Å². The predicted molar refractivity (Wildman–Crippen MR) is 109 cm³/mol. The maximum Gasteiger partial charge on any atom is 0.274 e. The lowest BCUT2D eigenvalue weighted by atomic mass is 10.1. The van der Waals surface area contributed by atoms with E-state index >= 15 is 0 Å². The molecule has 0 bridgehead atoms. The second kappa shape index (κ2) is 8.00. The fourth-order valence-corrected chi connectivity index (χ4v) is 3.64. The van der Waals surface area contributed by atoms with Gasteiger partial charge in [0.25, 0.3) is 11.8 Å². The molecule has 0 radical (unpaired) electrons. The fourth-order valence-electron chi connectivity index (χ4n) is 3.64. The van der Waals surface area contributed by atoms with Gasteiger partial charge in [-0.3, -0.25) is 19.3 Å². The number of carbonyl (C=O) groups is 2. The summed E-state index contributed by atoms with van der Waals surface area (Å²) in [5, 5.41) is 8.32. The topological polar surface area (TPSA) is 112 Å². The number of nitrogens with one attached hydrogen (secondary N) is 1. The number of aromatic nitrogens is 3. The van der Waals surface area contributed by atoms with E-state index in [4.69, 9.17) is 15.6 Å². The van der Waals surface area contributed by atoms with Gasteiger partial charge < -0.3 is 15.8 Å². The molecule has 8 heteroatoms. The molecule has 29 heavy (non-hydrogen) atoms. The van der Waals surface area contributed by atoms with E-state index in [9.17, 15) is 9.59 Å². The number of amides is 2. The summed E-state index contributed by atoms with van der Waals surface area (Å²) in [5.74, 6) is -0.961. The van der Waals surface area contributed by atoms with Crippen LogP contribution in [0.25, 0.3) is 10.9 Å². The number of primary amides is 1. The standard InChI is InChI=1S/C21H23N5O3/c1-13-5-4-7-16-18(13)25-26(12-15-6-2-3-10-29-15)19(16)21(28)24-14-8-9-23-17(11-14)20(22)27/h4-5,7-9,11,15H,2-3,6,10,12H2,1H3,(H2,22,27)(H,23,24,28). The number of aryl methyl sites for hydroxylation is 1. The lowest BCUT2D eigenvalue weighted by molar-refractivity contribution is 0.00379. The smallest absolute Gasteiger partial charge is 0.274 e. The number of hydrogen-bond acceptors (Lipinski definition) is 5. The minimum Gasteiger partial charge on any atom is -0.376 e. The number of nitrogens with zero attached hydrogens (tertiary/aromatic N) is 3. The van der Waals surface area contributed by atoms with Crippen molar-refractivity contribution in [2.45, 2.75) is 38.8 Å². The van der Waals surface area contributed by atoms with E-state index in [1.165, 1.54) is 12.3 Å². The van der Waals surface area contributed by atoms with Gasteiger partial charge in [-0.15, -0.1) is 0 Å². The van der Waals surface area contributed by atoms with Crippen LogP contribution in [0.1, 0.15) is 45.8 Å². The van der Waals surface area contributed by atoms with E-state index in [0.717, 1.165) is 42.3 Å². The molecule has 0 aliphatic carbocycles. The Morgan fingerprint density at radius 2 is 2.17 bits per heavy atom. The molecule has 1 atom stereocenters. The van der Waals surface area contributed by atoms with Gasteiger partial charge in [-0.2, -0.15) is 5.10 Å². The number of pyridine rings is 1. The number of benzene rings is 1. The van der Waals surface area contributed by atoms with Gasteiger partial charge in [0.15, 0.2) is 0 Å². The first-order valence-electron chi connectivity index (χ1n) is 9.68. The van der Waals surface area contributed by atoms with Crippen molar-refractivity contribution in [1.29, 1.82) is 0 Å². The number of nitrogens with two attached hydrogens (primary N) is 1. The quantitative estimate of drug-likeness (QED) is 0.692. The van der Waals surface area contributed by atoms with Gasteiger partial charge in [0.1, 0.15) is 11.4 Å². The van der Waals surface area contributed by atoms with Crippen LogP contribution in [0, 0.1) is 6.92 Å². The molecule has 3 aromatic rings. The highest BCUT2D eigenvalue weighted by atomic mass is 16.5. The molecule has 2 aromatic heterocycles. The molecule has 4 rings (SSSR count). The molecule has 3 heterocycles. The highest BCUT2D eigenvalue weighted by molar-refractivity contribution is 6.12. The Morgan fingerprint density at radius 3 is 2.93 bits per heavy atom. The van der Waals surface area contributed by atoms with Crippen LogP contribution in [0.2, 0.25) is 0 Å². The summed E-state index contributed by atoms with van der Waals surface area (Å²) in [6.07, 6.45) is 4.59. The number of hydrogen-bond donors (Lipinski definition) is 2. The van der Waals surface area contributed by atoms with Gasteiger partial charge >= 0.3 is 0 Å². The average molecular weight is 393 g/mol. The van der Waals surface area contributed by atoms with E-state index in [-0.39, 0.29) is 17.7 Å². The Kier molecular flexibility index (Phi) is 5.26. The summed E-state index contributed by atoms with van der Waals surface area (Å²) >= 11 is 0. The molecule has 1 saturated heterocycles. The first kappa shape index (κ1) is 19.1. The zero-order valence-corrected chi connectivity index (χ0v) is 16.2. The third kappa shape index (κ3) is 3.97. The maximum atomic E-state index is 13.2. The van der Waals surface area contributed by atoms with E-state index in [1.807, 2.05) is 25.1 Å². The van der Waals surface area contributed by atoms with E-state index < -0.39 is 5.91 Å². The lowest BCUT2D eigenvalue weighted by Crippen LogP contribution is -2.28. The Labute approximate surface area is 168 Å². The minimum absolute atomic E-state index is 0.0345. The summed E-state index contributed by atoms with van der Waals surface area (Å²) in [6.45, 7) is 3.22. The third-order valence-electron chi connectivity index (χ3n) is 5.11. The van der Waals surface area contributed by atoms with Crippen LogP contribution >= 0.6 is 0 Å². The van der Waals surface area contributed by atoms with Gasteiger partial charge in [0.2, 0.25) is 0 Å².